The highest BCUT2D eigenvalue weighted by atomic mass is 32.2. The maximum Gasteiger partial charge on any atom is 0.410 e. The molecule has 9 nitrogen and oxygen atoms in total. The second kappa shape index (κ2) is 15.3. The van der Waals surface area contributed by atoms with Crippen molar-refractivity contribution in [3.8, 4) is 0 Å². The molecule has 0 radical (unpaired) electrons. The van der Waals surface area contributed by atoms with Gasteiger partial charge in [0.25, 0.3) is 0 Å². The molecule has 226 valence electrons. The van der Waals surface area contributed by atoms with Crippen LogP contribution in [0.15, 0.2) is 82.4 Å². The summed E-state index contributed by atoms with van der Waals surface area (Å²) >= 11 is 1.61. The molecule has 0 bridgehead atoms. The molecule has 1 fully saturated rings. The third kappa shape index (κ3) is 8.64. The van der Waals surface area contributed by atoms with Crippen LogP contribution in [0.4, 0.5) is 4.79 Å². The van der Waals surface area contributed by atoms with Gasteiger partial charge in [0.2, 0.25) is 10.0 Å². The van der Waals surface area contributed by atoms with Crippen LogP contribution in [0.5, 0.6) is 0 Å². The number of hydrogen-bond donors (Lipinski definition) is 0. The molecule has 2 heterocycles. The van der Waals surface area contributed by atoms with Crippen molar-refractivity contribution < 1.29 is 27.5 Å². The van der Waals surface area contributed by atoms with E-state index in [9.17, 15) is 18.0 Å². The Hall–Kier alpha value is -3.25. The lowest BCUT2D eigenvalue weighted by Crippen LogP contribution is -2.49. The van der Waals surface area contributed by atoms with Crippen LogP contribution in [-0.2, 0) is 30.9 Å². The van der Waals surface area contributed by atoms with Crippen molar-refractivity contribution in [3.63, 3.8) is 0 Å². The minimum Gasteiger partial charge on any atom is -0.468 e. The van der Waals surface area contributed by atoms with Gasteiger partial charge in [0.15, 0.2) is 0 Å². The number of methoxy groups -OCH3 is 1. The minimum absolute atomic E-state index is 0.0428. The van der Waals surface area contributed by atoms with Crippen LogP contribution in [-0.4, -0.2) is 87.5 Å². The standard InChI is InChI=1S/C31H39N3O6S2/c1-32(42(37,38)29-11-7-4-8-12-29)21-26(27-16-20-41-24-27)13-17-33-18-14-28(15-19-33)34(22-30(35)39-2)31(36)40-23-25-9-5-3-6-10-25/h3-12,16,20,24,26,28H,13-15,17-19,21-23H2,1-2H3/t26-/m0/s1. The van der Waals surface area contributed by atoms with E-state index in [1.54, 1.807) is 48.7 Å². The topological polar surface area (TPSA) is 96.5 Å². The summed E-state index contributed by atoms with van der Waals surface area (Å²) in [5, 5.41) is 4.11. The summed E-state index contributed by atoms with van der Waals surface area (Å²) in [6, 6.07) is 19.9. The van der Waals surface area contributed by atoms with Crippen LogP contribution in [0.1, 0.15) is 36.3 Å². The van der Waals surface area contributed by atoms with Gasteiger partial charge in [-0.25, -0.2) is 17.5 Å². The number of hydrogen-bond acceptors (Lipinski definition) is 8. The fraction of sp³-hybridized carbons (Fsp3) is 0.419. The zero-order valence-corrected chi connectivity index (χ0v) is 25.8. The molecule has 2 aromatic carbocycles. The number of carbonyl (C=O) groups is 2. The minimum atomic E-state index is -3.59. The molecule has 0 aliphatic carbocycles. The number of sulfonamides is 1. The summed E-state index contributed by atoms with van der Waals surface area (Å²) < 4.78 is 38.2. The molecule has 1 saturated heterocycles. The molecule has 0 spiro atoms. The predicted octanol–water partition coefficient (Wildman–Crippen LogP) is 4.82. The lowest BCUT2D eigenvalue weighted by atomic mass is 9.97. The average molecular weight is 614 g/mol. The summed E-state index contributed by atoms with van der Waals surface area (Å²) in [6.45, 7) is 2.66. The summed E-state index contributed by atoms with van der Waals surface area (Å²) in [7, 11) is -0.643. The van der Waals surface area contributed by atoms with E-state index in [-0.39, 0.29) is 30.0 Å². The first-order valence-corrected chi connectivity index (χ1v) is 16.5. The van der Waals surface area contributed by atoms with Gasteiger partial charge in [-0.3, -0.25) is 9.69 Å². The molecule has 4 rings (SSSR count). The zero-order chi connectivity index (χ0) is 30.0. The van der Waals surface area contributed by atoms with E-state index in [2.05, 4.69) is 16.3 Å². The van der Waals surface area contributed by atoms with E-state index in [1.165, 1.54) is 16.3 Å². The van der Waals surface area contributed by atoms with Gasteiger partial charge >= 0.3 is 12.1 Å². The smallest absolute Gasteiger partial charge is 0.410 e. The zero-order valence-electron chi connectivity index (χ0n) is 24.1. The molecule has 1 aliphatic heterocycles. The van der Waals surface area contributed by atoms with E-state index in [4.69, 9.17) is 9.47 Å². The molecule has 42 heavy (non-hydrogen) atoms. The number of nitrogens with zero attached hydrogens (tertiary/aromatic N) is 3. The van der Waals surface area contributed by atoms with E-state index < -0.39 is 22.1 Å². The number of rotatable bonds is 13. The first-order chi connectivity index (χ1) is 20.3. The fourth-order valence-electron chi connectivity index (χ4n) is 5.19. The first kappa shape index (κ1) is 31.7. The Kier molecular flexibility index (Phi) is 11.5. The molecule has 1 aliphatic rings. The van der Waals surface area contributed by atoms with Gasteiger partial charge in [0, 0.05) is 32.7 Å². The average Bonchev–Trinajstić information content (AvgIpc) is 3.57. The highest BCUT2D eigenvalue weighted by Crippen LogP contribution is 2.27. The highest BCUT2D eigenvalue weighted by Gasteiger charge is 2.31. The second-order valence-electron chi connectivity index (χ2n) is 10.5. The number of amides is 1. The van der Waals surface area contributed by atoms with Crippen LogP contribution in [0.25, 0.3) is 0 Å². The Balaban J connectivity index is 1.33. The SMILES string of the molecule is COC(=O)CN(C(=O)OCc1ccccc1)C1CCN(CC[C@@H](CN(C)S(=O)(=O)c2ccccc2)c2ccsc2)CC1. The highest BCUT2D eigenvalue weighted by molar-refractivity contribution is 7.89. The summed E-state index contributed by atoms with van der Waals surface area (Å²) in [6.07, 6.45) is 1.66. The molecular formula is C31H39N3O6S2. The van der Waals surface area contributed by atoms with E-state index in [1.807, 2.05) is 35.7 Å². The predicted molar refractivity (Wildman–Crippen MR) is 163 cm³/mol. The second-order valence-corrected chi connectivity index (χ2v) is 13.3. The lowest BCUT2D eigenvalue weighted by Gasteiger charge is -2.38. The first-order valence-electron chi connectivity index (χ1n) is 14.1. The van der Waals surface area contributed by atoms with Gasteiger partial charge in [0.1, 0.15) is 13.2 Å². The van der Waals surface area contributed by atoms with Crippen LogP contribution in [0.3, 0.4) is 0 Å². The lowest BCUT2D eigenvalue weighted by molar-refractivity contribution is -0.142. The number of piperidine rings is 1. The molecule has 0 unspecified atom stereocenters. The van der Waals surface area contributed by atoms with E-state index >= 15 is 0 Å². The Labute approximate surface area is 252 Å². The summed E-state index contributed by atoms with van der Waals surface area (Å²) in [4.78, 5) is 29.2. The summed E-state index contributed by atoms with van der Waals surface area (Å²) in [5.41, 5.74) is 2.01. The normalized spacial score (nSPS) is 15.3. The van der Waals surface area contributed by atoms with E-state index in [0.717, 1.165) is 37.2 Å². The number of esters is 1. The van der Waals surface area contributed by atoms with Crippen molar-refractivity contribution in [2.45, 2.75) is 42.7 Å². The van der Waals surface area contributed by atoms with Crippen molar-refractivity contribution in [1.29, 1.82) is 0 Å². The van der Waals surface area contributed by atoms with Gasteiger partial charge in [-0.1, -0.05) is 48.5 Å². The number of likely N-dealkylation sites (tertiary alicyclic amines) is 1. The van der Waals surface area contributed by atoms with Crippen LogP contribution in [0, 0.1) is 0 Å². The van der Waals surface area contributed by atoms with Crippen LogP contribution < -0.4 is 0 Å². The Morgan fingerprint density at radius 1 is 1.02 bits per heavy atom. The number of thiophene rings is 1. The number of benzene rings is 2. The maximum absolute atomic E-state index is 13.2. The van der Waals surface area contributed by atoms with Gasteiger partial charge < -0.3 is 14.4 Å². The number of ether oxygens (including phenoxy) is 2. The molecule has 1 atom stereocenters. The molecule has 1 amide bonds. The molecular weight excluding hydrogens is 574 g/mol. The molecule has 0 saturated carbocycles. The van der Waals surface area contributed by atoms with Crippen molar-refractivity contribution in [3.05, 3.63) is 88.6 Å². The number of likely N-dealkylation sites (N-methyl/N-ethyl adjacent to an activating group) is 1. The van der Waals surface area contributed by atoms with Crippen molar-refractivity contribution in [2.75, 3.05) is 46.9 Å². The van der Waals surface area contributed by atoms with Crippen molar-refractivity contribution >= 4 is 33.4 Å². The maximum atomic E-state index is 13.2. The molecule has 11 heteroatoms. The molecule has 0 N–H and O–H groups in total. The Bertz CT molecular complexity index is 1360. The largest absolute Gasteiger partial charge is 0.468 e. The molecule has 3 aromatic rings. The summed E-state index contributed by atoms with van der Waals surface area (Å²) in [5.74, 6) is -0.441. The monoisotopic (exact) mass is 613 g/mol. The van der Waals surface area contributed by atoms with E-state index in [0.29, 0.717) is 19.4 Å². The van der Waals surface area contributed by atoms with Gasteiger partial charge in [0.05, 0.1) is 12.0 Å². The van der Waals surface area contributed by atoms with Gasteiger partial charge in [-0.15, -0.1) is 0 Å². The number of carbonyl (C=O) groups excluding carboxylic acids is 2. The quantitative estimate of drug-likeness (QED) is 0.255. The molecule has 1 aromatic heterocycles. The van der Waals surface area contributed by atoms with Crippen LogP contribution in [0.2, 0.25) is 0 Å². The van der Waals surface area contributed by atoms with Gasteiger partial charge in [-0.05, 0) is 71.8 Å². The van der Waals surface area contributed by atoms with Gasteiger partial charge in [-0.2, -0.15) is 11.3 Å². The Morgan fingerprint density at radius 3 is 2.31 bits per heavy atom. The van der Waals surface area contributed by atoms with Crippen molar-refractivity contribution in [2.24, 2.45) is 0 Å². The fourth-order valence-corrected chi connectivity index (χ4v) is 7.17. The van der Waals surface area contributed by atoms with Crippen molar-refractivity contribution in [1.82, 2.24) is 14.1 Å². The third-order valence-electron chi connectivity index (χ3n) is 7.70. The Morgan fingerprint density at radius 2 is 1.69 bits per heavy atom. The van der Waals surface area contributed by atoms with Crippen LogP contribution >= 0.6 is 11.3 Å². The third-order valence-corrected chi connectivity index (χ3v) is 10.2.